The Balaban J connectivity index is 1.28. The predicted molar refractivity (Wildman–Crippen MR) is 102 cm³/mol. The molecule has 2 aromatic heterocycles. The summed E-state index contributed by atoms with van der Waals surface area (Å²) in [6, 6.07) is 12.0. The molecule has 1 aromatic carbocycles. The molecule has 134 valence electrons. The molecule has 0 atom stereocenters. The van der Waals surface area contributed by atoms with Crippen LogP contribution in [0.4, 0.5) is 0 Å². The number of nitrogens with zero attached hydrogens (tertiary/aromatic N) is 2. The van der Waals surface area contributed by atoms with Crippen LogP contribution in [0.2, 0.25) is 0 Å². The topological polar surface area (TPSA) is 43.6 Å². The average Bonchev–Trinajstić information content (AvgIpc) is 3.04. The van der Waals surface area contributed by atoms with E-state index in [0.29, 0.717) is 12.3 Å². The van der Waals surface area contributed by atoms with Crippen molar-refractivity contribution >= 4 is 11.3 Å². The van der Waals surface area contributed by atoms with Gasteiger partial charge < -0.3 is 4.74 Å². The number of ketones is 1. The Hall–Kier alpha value is -2.62. The highest BCUT2D eigenvalue weighted by Crippen LogP contribution is 2.36. The number of rotatable bonds is 6. The Bertz CT molecular complexity index is 938. The van der Waals surface area contributed by atoms with Gasteiger partial charge in [0.1, 0.15) is 5.75 Å². The maximum Gasteiger partial charge on any atom is 0.166 e. The molecule has 0 bridgehead atoms. The molecule has 0 radical (unpaired) electrons. The molecular formula is C22H24N2O2. The van der Waals surface area contributed by atoms with Crippen LogP contribution in [0.5, 0.6) is 5.75 Å². The van der Waals surface area contributed by atoms with Crippen LogP contribution in [0.1, 0.15) is 47.2 Å². The van der Waals surface area contributed by atoms with Crippen LogP contribution in [0, 0.1) is 19.8 Å². The van der Waals surface area contributed by atoms with E-state index in [2.05, 4.69) is 25.0 Å². The first-order chi connectivity index (χ1) is 12.6. The lowest BCUT2D eigenvalue weighted by Crippen LogP contribution is -2.34. The van der Waals surface area contributed by atoms with E-state index in [1.165, 1.54) is 11.1 Å². The lowest BCUT2D eigenvalue weighted by Gasteiger charge is -2.35. The van der Waals surface area contributed by atoms with Crippen LogP contribution in [0.15, 0.2) is 48.8 Å². The first-order valence-corrected chi connectivity index (χ1v) is 9.30. The molecule has 1 aliphatic rings. The number of hydrogen-bond donors (Lipinski definition) is 0. The van der Waals surface area contributed by atoms with Gasteiger partial charge in [0.2, 0.25) is 0 Å². The van der Waals surface area contributed by atoms with Gasteiger partial charge in [-0.1, -0.05) is 18.2 Å². The summed E-state index contributed by atoms with van der Waals surface area (Å²) in [5.74, 6) is 1.76. The van der Waals surface area contributed by atoms with E-state index in [1.807, 2.05) is 36.5 Å². The second kappa shape index (κ2) is 6.94. The van der Waals surface area contributed by atoms with Gasteiger partial charge in [-0.3, -0.25) is 4.79 Å². The highest BCUT2D eigenvalue weighted by molar-refractivity contribution is 6.02. The van der Waals surface area contributed by atoms with E-state index < -0.39 is 0 Å². The molecule has 1 aliphatic carbocycles. The lowest BCUT2D eigenvalue weighted by atomic mass is 9.78. The summed E-state index contributed by atoms with van der Waals surface area (Å²) in [7, 11) is 0. The summed E-state index contributed by atoms with van der Waals surface area (Å²) in [5.41, 5.74) is 4.10. The molecular weight excluding hydrogens is 324 g/mol. The average molecular weight is 348 g/mol. The highest BCUT2D eigenvalue weighted by Gasteiger charge is 2.31. The minimum atomic E-state index is 0.185. The van der Waals surface area contributed by atoms with Gasteiger partial charge in [0.25, 0.3) is 0 Å². The Kier molecular flexibility index (Phi) is 4.49. The minimum absolute atomic E-state index is 0.185. The number of Topliss-reactive ketones (excluding diaryl/α,β-unsaturated/α-hetero) is 1. The third kappa shape index (κ3) is 3.24. The number of carbonyl (C=O) groups is 1. The smallest absolute Gasteiger partial charge is 0.166 e. The van der Waals surface area contributed by atoms with Gasteiger partial charge in [-0.15, -0.1) is 0 Å². The van der Waals surface area contributed by atoms with Crippen molar-refractivity contribution in [2.75, 3.05) is 0 Å². The number of pyridine rings is 1. The molecule has 26 heavy (non-hydrogen) atoms. The van der Waals surface area contributed by atoms with E-state index in [1.54, 1.807) is 10.7 Å². The standard InChI is InChI=1S/C22H24N2O2/c1-15-6-5-8-22(16(15)2)26-18-12-17(13-18)9-10-21(25)19-14-23-24-11-4-3-7-20(19)24/h3-8,11,14,17-18H,9-10,12-13H2,1-2H3. The lowest BCUT2D eigenvalue weighted by molar-refractivity contribution is 0.0572. The zero-order chi connectivity index (χ0) is 18.1. The van der Waals surface area contributed by atoms with Crippen molar-refractivity contribution in [3.63, 3.8) is 0 Å². The normalized spacial score (nSPS) is 19.3. The Morgan fingerprint density at radius 2 is 2.04 bits per heavy atom. The van der Waals surface area contributed by atoms with Crippen LogP contribution in [-0.4, -0.2) is 21.5 Å². The van der Waals surface area contributed by atoms with Crippen LogP contribution < -0.4 is 4.74 Å². The number of ether oxygens (including phenoxy) is 1. The molecule has 0 aliphatic heterocycles. The maximum atomic E-state index is 12.5. The molecule has 0 unspecified atom stereocenters. The zero-order valence-electron chi connectivity index (χ0n) is 15.3. The molecule has 3 aromatic rings. The number of benzene rings is 1. The van der Waals surface area contributed by atoms with Gasteiger partial charge >= 0.3 is 0 Å². The fraction of sp³-hybridized carbons (Fsp3) is 0.364. The molecule has 4 nitrogen and oxygen atoms in total. The third-order valence-corrected chi connectivity index (χ3v) is 5.55. The van der Waals surface area contributed by atoms with Crippen LogP contribution in [0.3, 0.4) is 0 Å². The Labute approximate surface area is 153 Å². The van der Waals surface area contributed by atoms with E-state index in [0.717, 1.165) is 36.1 Å². The highest BCUT2D eigenvalue weighted by atomic mass is 16.5. The summed E-state index contributed by atoms with van der Waals surface area (Å²) in [5, 5.41) is 4.25. The fourth-order valence-electron chi connectivity index (χ4n) is 3.66. The van der Waals surface area contributed by atoms with Crippen molar-refractivity contribution in [3.05, 3.63) is 65.5 Å². The number of hydrogen-bond acceptors (Lipinski definition) is 3. The van der Waals surface area contributed by atoms with Crippen molar-refractivity contribution in [1.29, 1.82) is 0 Å². The first-order valence-electron chi connectivity index (χ1n) is 9.30. The van der Waals surface area contributed by atoms with E-state index >= 15 is 0 Å². The van der Waals surface area contributed by atoms with Crippen molar-refractivity contribution < 1.29 is 9.53 Å². The van der Waals surface area contributed by atoms with E-state index in [-0.39, 0.29) is 11.9 Å². The minimum Gasteiger partial charge on any atom is -0.490 e. The summed E-state index contributed by atoms with van der Waals surface area (Å²) in [6.07, 6.45) is 7.42. The van der Waals surface area contributed by atoms with Crippen LogP contribution in [0.25, 0.3) is 5.52 Å². The first kappa shape index (κ1) is 16.8. The summed E-state index contributed by atoms with van der Waals surface area (Å²) in [4.78, 5) is 12.5. The second-order valence-corrected chi connectivity index (χ2v) is 7.33. The molecule has 2 heterocycles. The quantitative estimate of drug-likeness (QED) is 0.603. The number of aromatic nitrogens is 2. The summed E-state index contributed by atoms with van der Waals surface area (Å²) < 4.78 is 7.89. The molecule has 0 saturated heterocycles. The molecule has 4 heteroatoms. The SMILES string of the molecule is Cc1cccc(OC2CC(CCC(=O)c3cnn4ccccc34)C2)c1C. The van der Waals surface area contributed by atoms with Crippen LogP contribution >= 0.6 is 0 Å². The van der Waals surface area contributed by atoms with Crippen molar-refractivity contribution in [3.8, 4) is 5.75 Å². The third-order valence-electron chi connectivity index (χ3n) is 5.55. The van der Waals surface area contributed by atoms with Crippen molar-refractivity contribution in [2.45, 2.75) is 45.6 Å². The summed E-state index contributed by atoms with van der Waals surface area (Å²) >= 11 is 0. The van der Waals surface area contributed by atoms with Crippen molar-refractivity contribution in [2.24, 2.45) is 5.92 Å². The number of aryl methyl sites for hydroxylation is 1. The molecule has 4 rings (SSSR count). The zero-order valence-corrected chi connectivity index (χ0v) is 15.3. The largest absolute Gasteiger partial charge is 0.490 e. The molecule has 1 fully saturated rings. The van der Waals surface area contributed by atoms with Gasteiger partial charge in [-0.25, -0.2) is 4.52 Å². The second-order valence-electron chi connectivity index (χ2n) is 7.33. The summed E-state index contributed by atoms with van der Waals surface area (Å²) in [6.45, 7) is 4.22. The van der Waals surface area contributed by atoms with E-state index in [4.69, 9.17) is 4.74 Å². The Morgan fingerprint density at radius 3 is 2.88 bits per heavy atom. The molecule has 0 N–H and O–H groups in total. The monoisotopic (exact) mass is 348 g/mol. The van der Waals surface area contributed by atoms with Gasteiger partial charge in [-0.2, -0.15) is 5.10 Å². The fourth-order valence-corrected chi connectivity index (χ4v) is 3.66. The number of carbonyl (C=O) groups excluding carboxylic acids is 1. The molecule has 0 spiro atoms. The predicted octanol–water partition coefficient (Wildman–Crippen LogP) is 4.77. The van der Waals surface area contributed by atoms with Gasteiger partial charge in [-0.05, 0) is 68.4 Å². The molecule has 1 saturated carbocycles. The van der Waals surface area contributed by atoms with Gasteiger partial charge in [0.15, 0.2) is 5.78 Å². The maximum absolute atomic E-state index is 12.5. The number of fused-ring (bicyclic) bond motifs is 1. The van der Waals surface area contributed by atoms with Crippen molar-refractivity contribution in [1.82, 2.24) is 9.61 Å². The van der Waals surface area contributed by atoms with Gasteiger partial charge in [0, 0.05) is 12.6 Å². The van der Waals surface area contributed by atoms with Gasteiger partial charge in [0.05, 0.1) is 23.4 Å². The Morgan fingerprint density at radius 1 is 1.19 bits per heavy atom. The molecule has 0 amide bonds. The van der Waals surface area contributed by atoms with E-state index in [9.17, 15) is 4.79 Å². The van der Waals surface area contributed by atoms with Crippen LogP contribution in [-0.2, 0) is 0 Å².